The predicted molar refractivity (Wildman–Crippen MR) is 75.6 cm³/mol. The van der Waals surface area contributed by atoms with Crippen LogP contribution in [0.1, 0.15) is 70.8 Å². The zero-order valence-electron chi connectivity index (χ0n) is 12.2. The molecule has 1 aromatic rings. The van der Waals surface area contributed by atoms with E-state index in [-0.39, 0.29) is 5.54 Å². The molecule has 2 N–H and O–H groups in total. The van der Waals surface area contributed by atoms with E-state index in [9.17, 15) is 0 Å². The first-order valence-electron chi connectivity index (χ1n) is 7.26. The Kier molecular flexibility index (Phi) is 4.10. The highest BCUT2D eigenvalue weighted by Crippen LogP contribution is 2.38. The molecule has 1 aromatic heterocycles. The largest absolute Gasteiger partial charge is 0.345 e. The van der Waals surface area contributed by atoms with Crippen molar-refractivity contribution in [1.82, 2.24) is 15.3 Å². The lowest BCUT2D eigenvalue weighted by Crippen LogP contribution is -2.35. The Labute approximate surface area is 111 Å². The van der Waals surface area contributed by atoms with Gasteiger partial charge in [0, 0.05) is 29.9 Å². The van der Waals surface area contributed by atoms with E-state index >= 15 is 0 Å². The van der Waals surface area contributed by atoms with Crippen molar-refractivity contribution in [1.29, 1.82) is 0 Å². The summed E-state index contributed by atoms with van der Waals surface area (Å²) in [4.78, 5) is 8.07. The van der Waals surface area contributed by atoms with Crippen LogP contribution in [0.5, 0.6) is 0 Å². The molecule has 0 aromatic carbocycles. The Morgan fingerprint density at radius 1 is 1.39 bits per heavy atom. The maximum Gasteiger partial charge on any atom is 0.109 e. The second-order valence-electron chi connectivity index (χ2n) is 6.68. The second-order valence-corrected chi connectivity index (χ2v) is 6.68. The van der Waals surface area contributed by atoms with Gasteiger partial charge >= 0.3 is 0 Å². The Bertz CT molecular complexity index is 375. The molecule has 1 saturated carbocycles. The van der Waals surface area contributed by atoms with Crippen LogP contribution in [0.4, 0.5) is 0 Å². The molecule has 18 heavy (non-hydrogen) atoms. The smallest absolute Gasteiger partial charge is 0.109 e. The number of hydrogen-bond acceptors (Lipinski definition) is 2. The predicted octanol–water partition coefficient (Wildman–Crippen LogP) is 3.59. The van der Waals surface area contributed by atoms with Crippen LogP contribution in [0, 0.1) is 5.92 Å². The van der Waals surface area contributed by atoms with E-state index in [2.05, 4.69) is 43.0 Å². The Hall–Kier alpha value is -0.830. The number of rotatable bonds is 4. The van der Waals surface area contributed by atoms with Crippen molar-refractivity contribution < 1.29 is 0 Å². The van der Waals surface area contributed by atoms with Gasteiger partial charge in [0.05, 0.1) is 0 Å². The van der Waals surface area contributed by atoms with Gasteiger partial charge in [0.1, 0.15) is 5.82 Å². The van der Waals surface area contributed by atoms with E-state index in [1.165, 1.54) is 37.2 Å². The van der Waals surface area contributed by atoms with Crippen molar-refractivity contribution in [3.05, 3.63) is 17.7 Å². The average Bonchev–Trinajstić information content (AvgIpc) is 2.94. The second kappa shape index (κ2) is 5.43. The lowest BCUT2D eigenvalue weighted by molar-refractivity contribution is 0.421. The molecule has 1 aliphatic carbocycles. The number of nitrogens with one attached hydrogen (secondary N) is 2. The van der Waals surface area contributed by atoms with Crippen LogP contribution in [-0.4, -0.2) is 15.5 Å². The minimum Gasteiger partial charge on any atom is -0.345 e. The van der Waals surface area contributed by atoms with E-state index in [1.54, 1.807) is 0 Å². The summed E-state index contributed by atoms with van der Waals surface area (Å²) in [5, 5.41) is 3.49. The van der Waals surface area contributed by atoms with E-state index in [4.69, 9.17) is 0 Å². The molecule has 2 unspecified atom stereocenters. The zero-order valence-corrected chi connectivity index (χ0v) is 12.2. The van der Waals surface area contributed by atoms with Crippen LogP contribution in [0.25, 0.3) is 0 Å². The first kappa shape index (κ1) is 13.6. The summed E-state index contributed by atoms with van der Waals surface area (Å²) in [5.74, 6) is 2.78. The van der Waals surface area contributed by atoms with Crippen molar-refractivity contribution in [3.8, 4) is 0 Å². The van der Waals surface area contributed by atoms with Crippen LogP contribution < -0.4 is 5.32 Å². The summed E-state index contributed by atoms with van der Waals surface area (Å²) >= 11 is 0. The molecule has 3 nitrogen and oxygen atoms in total. The van der Waals surface area contributed by atoms with Crippen LogP contribution in [0.2, 0.25) is 0 Å². The SMILES string of the molecule is CCC1CCC(c2ncc(CNC(C)(C)C)[nH]2)C1. The van der Waals surface area contributed by atoms with Gasteiger partial charge < -0.3 is 10.3 Å². The number of nitrogens with zero attached hydrogens (tertiary/aromatic N) is 1. The molecule has 2 rings (SSSR count). The lowest BCUT2D eigenvalue weighted by Gasteiger charge is -2.19. The molecule has 0 bridgehead atoms. The van der Waals surface area contributed by atoms with Gasteiger partial charge in [-0.25, -0.2) is 4.98 Å². The van der Waals surface area contributed by atoms with E-state index < -0.39 is 0 Å². The molecule has 0 saturated heterocycles. The summed E-state index contributed by atoms with van der Waals surface area (Å²) in [6, 6.07) is 0. The van der Waals surface area contributed by atoms with Gasteiger partial charge in [-0.3, -0.25) is 0 Å². The van der Waals surface area contributed by atoms with Gasteiger partial charge in [-0.15, -0.1) is 0 Å². The minimum absolute atomic E-state index is 0.159. The first-order chi connectivity index (χ1) is 8.48. The molecule has 0 amide bonds. The third kappa shape index (κ3) is 3.58. The fraction of sp³-hybridized carbons (Fsp3) is 0.800. The lowest BCUT2D eigenvalue weighted by atomic mass is 10.0. The standard InChI is InChI=1S/C15H27N3/c1-5-11-6-7-12(8-11)14-16-9-13(18-14)10-17-15(2,3)4/h9,11-12,17H,5-8,10H2,1-4H3,(H,16,18). The minimum atomic E-state index is 0.159. The summed E-state index contributed by atoms with van der Waals surface area (Å²) < 4.78 is 0. The quantitative estimate of drug-likeness (QED) is 0.856. The molecule has 1 heterocycles. The van der Waals surface area contributed by atoms with Crippen molar-refractivity contribution in [2.75, 3.05) is 0 Å². The molecule has 0 aliphatic heterocycles. The van der Waals surface area contributed by atoms with Gasteiger partial charge in [0.15, 0.2) is 0 Å². The molecular formula is C15H27N3. The van der Waals surface area contributed by atoms with Gasteiger partial charge in [0.25, 0.3) is 0 Å². The molecule has 3 heteroatoms. The van der Waals surface area contributed by atoms with Crippen molar-refractivity contribution >= 4 is 0 Å². The Morgan fingerprint density at radius 3 is 2.78 bits per heavy atom. The van der Waals surface area contributed by atoms with Gasteiger partial charge in [0.2, 0.25) is 0 Å². The highest BCUT2D eigenvalue weighted by atomic mass is 15.0. The fourth-order valence-corrected chi connectivity index (χ4v) is 2.73. The fourth-order valence-electron chi connectivity index (χ4n) is 2.73. The molecular weight excluding hydrogens is 222 g/mol. The van der Waals surface area contributed by atoms with Crippen molar-refractivity contribution in [2.24, 2.45) is 5.92 Å². The monoisotopic (exact) mass is 249 g/mol. The number of aromatic nitrogens is 2. The highest BCUT2D eigenvalue weighted by molar-refractivity contribution is 5.07. The number of imidazole rings is 1. The van der Waals surface area contributed by atoms with Crippen LogP contribution in [0.15, 0.2) is 6.20 Å². The molecule has 1 fully saturated rings. The average molecular weight is 249 g/mol. The van der Waals surface area contributed by atoms with Crippen LogP contribution in [0.3, 0.4) is 0 Å². The van der Waals surface area contributed by atoms with E-state index in [0.29, 0.717) is 5.92 Å². The zero-order chi connectivity index (χ0) is 13.2. The topological polar surface area (TPSA) is 40.7 Å². The third-order valence-corrected chi connectivity index (χ3v) is 3.96. The molecule has 102 valence electrons. The highest BCUT2D eigenvalue weighted by Gasteiger charge is 2.26. The number of aromatic amines is 1. The van der Waals surface area contributed by atoms with Crippen molar-refractivity contribution in [2.45, 2.75) is 71.4 Å². The first-order valence-corrected chi connectivity index (χ1v) is 7.26. The Balaban J connectivity index is 1.90. The van der Waals surface area contributed by atoms with Gasteiger partial charge in [-0.05, 0) is 46.0 Å². The van der Waals surface area contributed by atoms with Crippen molar-refractivity contribution in [3.63, 3.8) is 0 Å². The van der Waals surface area contributed by atoms with Crippen LogP contribution in [-0.2, 0) is 6.54 Å². The summed E-state index contributed by atoms with van der Waals surface area (Å²) in [6.45, 7) is 9.74. The molecule has 0 spiro atoms. The normalized spacial score (nSPS) is 24.7. The van der Waals surface area contributed by atoms with E-state index in [1.807, 2.05) is 6.20 Å². The molecule has 1 aliphatic rings. The van der Waals surface area contributed by atoms with Gasteiger partial charge in [-0.2, -0.15) is 0 Å². The third-order valence-electron chi connectivity index (χ3n) is 3.96. The number of hydrogen-bond donors (Lipinski definition) is 2. The summed E-state index contributed by atoms with van der Waals surface area (Å²) in [6.07, 6.45) is 7.30. The summed E-state index contributed by atoms with van der Waals surface area (Å²) in [5.41, 5.74) is 1.37. The maximum absolute atomic E-state index is 4.57. The van der Waals surface area contributed by atoms with E-state index in [0.717, 1.165) is 12.5 Å². The number of H-pyrrole nitrogens is 1. The maximum atomic E-state index is 4.57. The summed E-state index contributed by atoms with van der Waals surface area (Å²) in [7, 11) is 0. The van der Waals surface area contributed by atoms with Gasteiger partial charge in [-0.1, -0.05) is 13.3 Å². The van der Waals surface area contributed by atoms with Crippen LogP contribution >= 0.6 is 0 Å². The molecule has 2 atom stereocenters. The molecule has 0 radical (unpaired) electrons. The Morgan fingerprint density at radius 2 is 2.17 bits per heavy atom.